The topological polar surface area (TPSA) is 65.2 Å². The Morgan fingerprint density at radius 2 is 2.32 bits per heavy atom. The van der Waals surface area contributed by atoms with Crippen molar-refractivity contribution in [1.82, 2.24) is 10.1 Å². The fraction of sp³-hybridized carbons (Fsp3) is 0.308. The third-order valence-electron chi connectivity index (χ3n) is 2.40. The lowest BCUT2D eigenvalue weighted by molar-refractivity contribution is -0.143. The van der Waals surface area contributed by atoms with Crippen molar-refractivity contribution >= 4 is 17.6 Å². The van der Waals surface area contributed by atoms with E-state index in [0.717, 1.165) is 5.56 Å². The Morgan fingerprint density at radius 1 is 1.47 bits per heavy atom. The van der Waals surface area contributed by atoms with Crippen LogP contribution in [-0.2, 0) is 16.0 Å². The first-order chi connectivity index (χ1) is 9.19. The van der Waals surface area contributed by atoms with E-state index in [1.165, 1.54) is 0 Å². The van der Waals surface area contributed by atoms with Crippen LogP contribution in [0, 0.1) is 0 Å². The molecule has 0 atom stereocenters. The van der Waals surface area contributed by atoms with E-state index in [0.29, 0.717) is 29.8 Å². The normalized spacial score (nSPS) is 10.4. The summed E-state index contributed by atoms with van der Waals surface area (Å²) in [6.07, 6.45) is 0.595. The minimum atomic E-state index is -0.273. The quantitative estimate of drug-likeness (QED) is 0.788. The average Bonchev–Trinajstić information content (AvgIpc) is 2.85. The van der Waals surface area contributed by atoms with Gasteiger partial charge in [-0.3, -0.25) is 4.79 Å². The summed E-state index contributed by atoms with van der Waals surface area (Å²) >= 11 is 5.89. The van der Waals surface area contributed by atoms with E-state index in [1.807, 2.05) is 12.1 Å². The number of rotatable bonds is 5. The molecule has 6 heteroatoms. The van der Waals surface area contributed by atoms with Crippen molar-refractivity contribution in [2.75, 3.05) is 6.61 Å². The van der Waals surface area contributed by atoms with Crippen LogP contribution in [0.2, 0.25) is 5.02 Å². The number of carbonyl (C=O) groups excluding carboxylic acids is 1. The zero-order valence-corrected chi connectivity index (χ0v) is 11.2. The molecule has 2 rings (SSSR count). The Kier molecular flexibility index (Phi) is 4.52. The van der Waals surface area contributed by atoms with Crippen molar-refractivity contribution in [3.63, 3.8) is 0 Å². The molecule has 0 aliphatic carbocycles. The molecule has 0 amide bonds. The zero-order valence-electron chi connectivity index (χ0n) is 10.4. The minimum absolute atomic E-state index is 0.227. The molecule has 5 nitrogen and oxygen atoms in total. The minimum Gasteiger partial charge on any atom is -0.466 e. The van der Waals surface area contributed by atoms with E-state index >= 15 is 0 Å². The summed E-state index contributed by atoms with van der Waals surface area (Å²) in [7, 11) is 0. The van der Waals surface area contributed by atoms with E-state index in [2.05, 4.69) is 10.1 Å². The molecular formula is C13H13ClN2O3. The van der Waals surface area contributed by atoms with Crippen LogP contribution in [0.4, 0.5) is 0 Å². The first kappa shape index (κ1) is 13.5. The molecule has 2 aromatic rings. The number of halogens is 1. The van der Waals surface area contributed by atoms with Gasteiger partial charge in [0.25, 0.3) is 0 Å². The van der Waals surface area contributed by atoms with Gasteiger partial charge in [0.05, 0.1) is 13.0 Å². The standard InChI is InChI=1S/C13H13ClN2O3/c1-2-18-12(17)7-6-11-15-13(16-19-11)9-4-3-5-10(14)8-9/h3-5,8H,2,6-7H2,1H3. The Labute approximate surface area is 115 Å². The molecule has 0 aliphatic rings. The van der Waals surface area contributed by atoms with Gasteiger partial charge in [-0.15, -0.1) is 0 Å². The molecule has 19 heavy (non-hydrogen) atoms. The summed E-state index contributed by atoms with van der Waals surface area (Å²) in [4.78, 5) is 15.4. The molecule has 100 valence electrons. The van der Waals surface area contributed by atoms with Crippen molar-refractivity contribution in [3.8, 4) is 11.4 Å². The highest BCUT2D eigenvalue weighted by molar-refractivity contribution is 6.30. The van der Waals surface area contributed by atoms with Gasteiger partial charge in [-0.2, -0.15) is 4.98 Å². The maximum Gasteiger partial charge on any atom is 0.306 e. The predicted molar refractivity (Wildman–Crippen MR) is 69.7 cm³/mol. The summed E-state index contributed by atoms with van der Waals surface area (Å²) in [6.45, 7) is 2.14. The molecule has 0 radical (unpaired) electrons. The number of carbonyl (C=O) groups is 1. The van der Waals surface area contributed by atoms with Crippen molar-refractivity contribution in [2.24, 2.45) is 0 Å². The average molecular weight is 281 g/mol. The van der Waals surface area contributed by atoms with Crippen molar-refractivity contribution < 1.29 is 14.1 Å². The van der Waals surface area contributed by atoms with E-state index in [-0.39, 0.29) is 12.4 Å². The summed E-state index contributed by atoms with van der Waals surface area (Å²) in [5, 5.41) is 4.46. The summed E-state index contributed by atoms with van der Waals surface area (Å²) in [5.41, 5.74) is 0.777. The fourth-order valence-corrected chi connectivity index (χ4v) is 1.73. The second-order valence-electron chi connectivity index (χ2n) is 3.83. The summed E-state index contributed by atoms with van der Waals surface area (Å²) in [5.74, 6) is 0.592. The van der Waals surface area contributed by atoms with Crippen LogP contribution in [-0.4, -0.2) is 22.7 Å². The van der Waals surface area contributed by atoms with Gasteiger partial charge < -0.3 is 9.26 Å². The lowest BCUT2D eigenvalue weighted by Gasteiger charge is -1.97. The van der Waals surface area contributed by atoms with E-state index in [9.17, 15) is 4.79 Å². The van der Waals surface area contributed by atoms with Gasteiger partial charge in [-0.25, -0.2) is 0 Å². The third kappa shape index (κ3) is 3.79. The molecule has 0 spiro atoms. The summed E-state index contributed by atoms with van der Waals surface area (Å²) in [6, 6.07) is 7.17. The van der Waals surface area contributed by atoms with Crippen LogP contribution in [0.3, 0.4) is 0 Å². The van der Waals surface area contributed by atoms with Crippen LogP contribution in [0.25, 0.3) is 11.4 Å². The number of benzene rings is 1. The van der Waals surface area contributed by atoms with Crippen molar-refractivity contribution in [1.29, 1.82) is 0 Å². The summed E-state index contributed by atoms with van der Waals surface area (Å²) < 4.78 is 9.90. The van der Waals surface area contributed by atoms with Gasteiger partial charge in [-0.1, -0.05) is 28.9 Å². The molecule has 0 aliphatic heterocycles. The van der Waals surface area contributed by atoms with E-state index in [4.69, 9.17) is 20.9 Å². The van der Waals surface area contributed by atoms with Gasteiger partial charge >= 0.3 is 5.97 Å². The van der Waals surface area contributed by atoms with Crippen LogP contribution in [0.1, 0.15) is 19.2 Å². The van der Waals surface area contributed by atoms with Crippen LogP contribution in [0.15, 0.2) is 28.8 Å². The highest BCUT2D eigenvalue weighted by atomic mass is 35.5. The van der Waals surface area contributed by atoms with Gasteiger partial charge in [0.2, 0.25) is 11.7 Å². The van der Waals surface area contributed by atoms with Gasteiger partial charge in [-0.05, 0) is 19.1 Å². The maximum absolute atomic E-state index is 11.2. The molecular weight excluding hydrogens is 268 g/mol. The number of hydrogen-bond acceptors (Lipinski definition) is 5. The third-order valence-corrected chi connectivity index (χ3v) is 2.63. The van der Waals surface area contributed by atoms with Crippen molar-refractivity contribution in [2.45, 2.75) is 19.8 Å². The number of nitrogens with zero attached hydrogens (tertiary/aromatic N) is 2. The number of aryl methyl sites for hydroxylation is 1. The first-order valence-corrected chi connectivity index (χ1v) is 6.31. The Morgan fingerprint density at radius 3 is 3.05 bits per heavy atom. The SMILES string of the molecule is CCOC(=O)CCc1nc(-c2cccc(Cl)c2)no1. The Bertz CT molecular complexity index is 569. The van der Waals surface area contributed by atoms with E-state index in [1.54, 1.807) is 19.1 Å². The monoisotopic (exact) mass is 280 g/mol. The maximum atomic E-state index is 11.2. The van der Waals surface area contributed by atoms with E-state index < -0.39 is 0 Å². The number of ether oxygens (including phenoxy) is 1. The molecule has 0 fully saturated rings. The molecule has 1 heterocycles. The Balaban J connectivity index is 2.01. The van der Waals surface area contributed by atoms with Crippen LogP contribution in [0.5, 0.6) is 0 Å². The molecule has 0 bridgehead atoms. The molecule has 0 unspecified atom stereocenters. The predicted octanol–water partition coefficient (Wildman–Crippen LogP) is 2.89. The lowest BCUT2D eigenvalue weighted by Crippen LogP contribution is -2.05. The second kappa shape index (κ2) is 6.33. The number of esters is 1. The van der Waals surface area contributed by atoms with Crippen LogP contribution >= 0.6 is 11.6 Å². The largest absolute Gasteiger partial charge is 0.466 e. The van der Waals surface area contributed by atoms with Crippen molar-refractivity contribution in [3.05, 3.63) is 35.2 Å². The smallest absolute Gasteiger partial charge is 0.306 e. The van der Waals surface area contributed by atoms with Gasteiger partial charge in [0, 0.05) is 17.0 Å². The van der Waals surface area contributed by atoms with Crippen LogP contribution < -0.4 is 0 Å². The lowest BCUT2D eigenvalue weighted by atomic mass is 10.2. The highest BCUT2D eigenvalue weighted by Crippen LogP contribution is 2.20. The number of hydrogen-bond donors (Lipinski definition) is 0. The fourth-order valence-electron chi connectivity index (χ4n) is 1.54. The molecule has 1 aromatic carbocycles. The number of aromatic nitrogens is 2. The highest BCUT2D eigenvalue weighted by Gasteiger charge is 2.11. The van der Waals surface area contributed by atoms with Gasteiger partial charge in [0.1, 0.15) is 0 Å². The molecule has 0 saturated heterocycles. The van der Waals surface area contributed by atoms with Gasteiger partial charge in [0.15, 0.2) is 0 Å². The Hall–Kier alpha value is -1.88. The molecule has 0 N–H and O–H groups in total. The zero-order chi connectivity index (χ0) is 13.7. The molecule has 0 saturated carbocycles. The molecule has 1 aromatic heterocycles. The second-order valence-corrected chi connectivity index (χ2v) is 4.26. The first-order valence-electron chi connectivity index (χ1n) is 5.93.